The van der Waals surface area contributed by atoms with Crippen LogP contribution in [-0.2, 0) is 19.5 Å². The minimum atomic E-state index is -4.26. The molecule has 2 heterocycles. The number of benzene rings is 5. The molecule has 0 unspecified atom stereocenters. The molecule has 250 valence electrons. The van der Waals surface area contributed by atoms with Gasteiger partial charge in [0.15, 0.2) is 0 Å². The molecule has 5 aromatic carbocycles. The van der Waals surface area contributed by atoms with E-state index in [1.165, 1.54) is 0 Å². The topological polar surface area (TPSA) is 174 Å². The largest absolute Gasteiger partial charge is 1.00 e. The fourth-order valence-electron chi connectivity index (χ4n) is 7.15. The Morgan fingerprint density at radius 1 is 0.635 bits per heavy atom. The Balaban J connectivity index is 0.00000210. The minimum absolute atomic E-state index is 0. The smallest absolute Gasteiger partial charge is 0.748 e. The van der Waals surface area contributed by atoms with E-state index in [1.807, 2.05) is 48.5 Å². The van der Waals surface area contributed by atoms with Crippen LogP contribution in [0.2, 0.25) is 0 Å². The van der Waals surface area contributed by atoms with Crippen LogP contribution in [0.3, 0.4) is 0 Å². The van der Waals surface area contributed by atoms with Crippen molar-refractivity contribution in [3.8, 4) is 45.0 Å². The van der Waals surface area contributed by atoms with Crippen molar-refractivity contribution in [2.24, 2.45) is 0 Å². The SMILES string of the molecule is O=S(=O)([O-])CCCNc1ccc2c3c(cccc13)-c1nc3cc4nc5c(nc4cc3nc1-2)-c1cccc2c(NCCCSOO[O-])ccc-5c12.[K+].[K+]. The molecule has 52 heavy (non-hydrogen) atoms. The van der Waals surface area contributed by atoms with Gasteiger partial charge < -0.3 is 20.4 Å². The van der Waals surface area contributed by atoms with E-state index in [-0.39, 0.29) is 109 Å². The van der Waals surface area contributed by atoms with Crippen LogP contribution in [0, 0.1) is 0 Å². The third kappa shape index (κ3) is 7.00. The summed E-state index contributed by atoms with van der Waals surface area (Å²) in [6.45, 7) is 1.06. The molecule has 12 nitrogen and oxygen atoms in total. The molecule has 2 aliphatic carbocycles. The van der Waals surface area contributed by atoms with Crippen molar-refractivity contribution < 1.29 is 130 Å². The normalized spacial score (nSPS) is 12.2. The fraction of sp³-hybridized carbons (Fsp3) is 0.167. The third-order valence-corrected chi connectivity index (χ3v) is 10.6. The van der Waals surface area contributed by atoms with Crippen molar-refractivity contribution in [1.82, 2.24) is 19.9 Å². The molecular formula is C36H26K2N6O6S2. The van der Waals surface area contributed by atoms with Gasteiger partial charge in [-0.1, -0.05) is 48.5 Å². The molecule has 0 aliphatic heterocycles. The summed E-state index contributed by atoms with van der Waals surface area (Å²) in [7, 11) is -4.26. The number of rotatable bonds is 12. The van der Waals surface area contributed by atoms with Crippen LogP contribution >= 0.6 is 12.0 Å². The molecule has 0 atom stereocenters. The van der Waals surface area contributed by atoms with E-state index < -0.39 is 15.9 Å². The number of fused-ring (bicyclic) bond motifs is 8. The third-order valence-electron chi connectivity index (χ3n) is 9.23. The van der Waals surface area contributed by atoms with Gasteiger partial charge >= 0.3 is 103 Å². The Hall–Kier alpha value is -1.69. The van der Waals surface area contributed by atoms with E-state index in [1.54, 1.807) is 0 Å². The van der Waals surface area contributed by atoms with E-state index in [2.05, 4.69) is 44.3 Å². The Labute approximate surface area is 387 Å². The molecule has 0 radical (unpaired) electrons. The Morgan fingerprint density at radius 2 is 1.08 bits per heavy atom. The molecule has 9 rings (SSSR count). The first-order valence-electron chi connectivity index (χ1n) is 16.0. The Kier molecular flexibility index (Phi) is 11.7. The van der Waals surface area contributed by atoms with Crippen molar-refractivity contribution >= 4 is 77.1 Å². The monoisotopic (exact) mass is 780 g/mol. The van der Waals surface area contributed by atoms with Gasteiger partial charge in [-0.2, -0.15) is 4.33 Å². The molecule has 0 bridgehead atoms. The number of nitrogens with one attached hydrogen (secondary N) is 2. The van der Waals surface area contributed by atoms with Gasteiger partial charge in [0.2, 0.25) is 0 Å². The first-order valence-corrected chi connectivity index (χ1v) is 18.5. The van der Waals surface area contributed by atoms with Crippen molar-refractivity contribution in [3.63, 3.8) is 0 Å². The Morgan fingerprint density at radius 3 is 1.52 bits per heavy atom. The van der Waals surface area contributed by atoms with Gasteiger partial charge in [-0.3, -0.25) is 5.04 Å². The van der Waals surface area contributed by atoms with Crippen molar-refractivity contribution in [2.45, 2.75) is 12.8 Å². The summed E-state index contributed by atoms with van der Waals surface area (Å²) in [5.74, 6) is 0.209. The predicted molar refractivity (Wildman–Crippen MR) is 192 cm³/mol. The van der Waals surface area contributed by atoms with Gasteiger partial charge in [-0.25, -0.2) is 28.4 Å². The molecular weight excluding hydrogens is 755 g/mol. The second-order valence-corrected chi connectivity index (χ2v) is 14.5. The standard InChI is InChI=1S/C36H28N6O6S2.2K/c43-47-48-49-15-3-13-37-25-11-9-23-31-19(25)5-1-7-21(31)33-35(23)41-29-18-28-30(17-27(29)39-33)42-36-24-10-12-26(38-14-4-16-50(44,45)46)20-6-2-8-22(32(20)24)34(36)40-28;;/h1-2,5-12,17-18,37-38,43H,3-4,13-16H2,(H,44,45,46);;/q;2*+1/p-2. The zero-order valence-electron chi connectivity index (χ0n) is 28.2. The summed E-state index contributed by atoms with van der Waals surface area (Å²) in [6, 6.07) is 24.3. The molecule has 0 amide bonds. The summed E-state index contributed by atoms with van der Waals surface area (Å²) < 4.78 is 37.5. The quantitative estimate of drug-likeness (QED) is 0.0328. The number of hydrogen-bond acceptors (Lipinski definition) is 13. The summed E-state index contributed by atoms with van der Waals surface area (Å²) in [5.41, 5.74) is 12.0. The van der Waals surface area contributed by atoms with Crippen LogP contribution in [0.25, 0.3) is 88.6 Å². The van der Waals surface area contributed by atoms with E-state index in [4.69, 9.17) is 19.9 Å². The van der Waals surface area contributed by atoms with Gasteiger partial charge in [-0.15, -0.1) is 0 Å². The maximum Gasteiger partial charge on any atom is 1.00 e. The number of nitrogens with zero attached hydrogens (tertiary/aromatic N) is 4. The first kappa shape index (κ1) is 38.6. The molecule has 2 N–H and O–H groups in total. The predicted octanol–water partition coefficient (Wildman–Crippen LogP) is 0.203. The van der Waals surface area contributed by atoms with Gasteiger partial charge in [0.1, 0.15) is 0 Å². The Bertz CT molecular complexity index is 2580. The van der Waals surface area contributed by atoms with E-state index in [9.17, 15) is 18.2 Å². The molecule has 0 saturated carbocycles. The molecule has 0 spiro atoms. The zero-order chi connectivity index (χ0) is 34.0. The molecule has 0 fully saturated rings. The maximum atomic E-state index is 11.0. The zero-order valence-corrected chi connectivity index (χ0v) is 36.1. The second kappa shape index (κ2) is 15.8. The van der Waals surface area contributed by atoms with Crippen molar-refractivity contribution in [3.05, 3.63) is 72.8 Å². The van der Waals surface area contributed by atoms with Crippen LogP contribution in [0.15, 0.2) is 72.8 Å². The van der Waals surface area contributed by atoms with Crippen molar-refractivity contribution in [2.75, 3.05) is 35.2 Å². The summed E-state index contributed by atoms with van der Waals surface area (Å²) in [5, 5.41) is 24.4. The summed E-state index contributed by atoms with van der Waals surface area (Å²) >= 11 is 0.982. The summed E-state index contributed by atoms with van der Waals surface area (Å²) in [4.78, 5) is 20.5. The average Bonchev–Trinajstić information content (AvgIpc) is 3.59. The molecule has 7 aromatic rings. The van der Waals surface area contributed by atoms with Gasteiger partial charge in [0, 0.05) is 91.8 Å². The second-order valence-electron chi connectivity index (χ2n) is 12.2. The number of anilines is 2. The van der Waals surface area contributed by atoms with E-state index in [0.717, 1.165) is 118 Å². The van der Waals surface area contributed by atoms with E-state index in [0.29, 0.717) is 18.8 Å². The molecule has 0 saturated heterocycles. The van der Waals surface area contributed by atoms with Gasteiger partial charge in [0.25, 0.3) is 0 Å². The average molecular weight is 781 g/mol. The minimum Gasteiger partial charge on any atom is -0.748 e. The van der Waals surface area contributed by atoms with Gasteiger partial charge in [0.05, 0.1) is 55.0 Å². The van der Waals surface area contributed by atoms with Crippen LogP contribution < -0.4 is 119 Å². The molecule has 2 aromatic heterocycles. The van der Waals surface area contributed by atoms with E-state index >= 15 is 0 Å². The summed E-state index contributed by atoms with van der Waals surface area (Å²) in [6.07, 6.45) is 1.00. The maximum absolute atomic E-state index is 11.0. The number of aromatic nitrogens is 4. The first-order chi connectivity index (χ1) is 24.4. The van der Waals surface area contributed by atoms with Gasteiger partial charge in [-0.05, 0) is 37.1 Å². The number of hydrogen-bond donors (Lipinski definition) is 2. The fourth-order valence-corrected chi connectivity index (χ4v) is 8.02. The van der Waals surface area contributed by atoms with Crippen molar-refractivity contribution in [1.29, 1.82) is 0 Å². The van der Waals surface area contributed by atoms with Crippen LogP contribution in [-0.4, -0.2) is 57.5 Å². The van der Waals surface area contributed by atoms with Crippen LogP contribution in [0.1, 0.15) is 12.8 Å². The molecule has 16 heteroatoms. The van der Waals surface area contributed by atoms with Crippen LogP contribution in [0.4, 0.5) is 11.4 Å². The van der Waals surface area contributed by atoms with Crippen LogP contribution in [0.5, 0.6) is 0 Å². The molecule has 2 aliphatic rings.